The number of ether oxygens (including phenoxy) is 2. The third-order valence-electron chi connectivity index (χ3n) is 5.06. The Kier molecular flexibility index (Phi) is 11.0. The highest BCUT2D eigenvalue weighted by atomic mass is 32.2. The Morgan fingerprint density at radius 1 is 1.23 bits per heavy atom. The molecule has 0 bridgehead atoms. The molecule has 1 aliphatic rings. The van der Waals surface area contributed by atoms with E-state index in [2.05, 4.69) is 10.6 Å². The molecule has 0 amide bonds. The average molecular weight is 523 g/mol. The topological polar surface area (TPSA) is 146 Å². The van der Waals surface area contributed by atoms with Crippen molar-refractivity contribution in [1.29, 1.82) is 0 Å². The number of dihydropyridines is 1. The van der Waals surface area contributed by atoms with E-state index in [0.717, 1.165) is 12.2 Å². The number of nitrogens with zero attached hydrogens (tertiary/aromatic N) is 1. The minimum Gasteiger partial charge on any atom is -0.463 e. The van der Waals surface area contributed by atoms with Gasteiger partial charge in [0.25, 0.3) is 5.69 Å². The molecule has 12 heteroatoms. The van der Waals surface area contributed by atoms with Gasteiger partial charge in [0.2, 0.25) is 0 Å². The number of non-ortho nitro benzene ring substituents is 1. The largest absolute Gasteiger partial charge is 0.463 e. The predicted octanol–water partition coefficient (Wildman–Crippen LogP) is 2.89. The fraction of sp³-hybridized carbons (Fsp3) is 0.435. The van der Waals surface area contributed by atoms with E-state index in [4.69, 9.17) is 27.4 Å². The van der Waals surface area contributed by atoms with Crippen LogP contribution in [0.15, 0.2) is 46.8 Å². The van der Waals surface area contributed by atoms with Gasteiger partial charge in [0.05, 0.1) is 35.2 Å². The summed E-state index contributed by atoms with van der Waals surface area (Å²) in [5, 5.41) is 17.7. The quantitative estimate of drug-likeness (QED) is 0.122. The molecular weight excluding hydrogens is 492 g/mol. The molecule has 0 spiro atoms. The zero-order valence-electron chi connectivity index (χ0n) is 19.9. The fourth-order valence-corrected chi connectivity index (χ4v) is 4.68. The van der Waals surface area contributed by atoms with Crippen molar-refractivity contribution in [3.63, 3.8) is 0 Å². The van der Waals surface area contributed by atoms with Crippen LogP contribution >= 0.6 is 24.0 Å². The third-order valence-corrected chi connectivity index (χ3v) is 6.28. The van der Waals surface area contributed by atoms with Gasteiger partial charge in [-0.15, -0.1) is 0 Å². The molecule has 0 saturated heterocycles. The van der Waals surface area contributed by atoms with E-state index in [9.17, 15) is 19.7 Å². The van der Waals surface area contributed by atoms with Crippen LogP contribution in [0.3, 0.4) is 0 Å². The SMILES string of the molecule is CCOC(=O)C1=C(C)NC(CSCCCNC(N)=S)=C(C(=O)OCC)C1c1cccc([N+](=O)[O-])c1. The number of hydrogen-bond acceptors (Lipinski definition) is 9. The maximum atomic E-state index is 13.2. The van der Waals surface area contributed by atoms with Crippen LogP contribution in [-0.4, -0.2) is 53.2 Å². The normalized spacial score (nSPS) is 15.3. The second-order valence-corrected chi connectivity index (χ2v) is 9.02. The van der Waals surface area contributed by atoms with Crippen molar-refractivity contribution in [2.45, 2.75) is 33.1 Å². The molecule has 1 aliphatic heterocycles. The van der Waals surface area contributed by atoms with E-state index in [1.807, 2.05) is 0 Å². The number of thiocarbonyl (C=S) groups is 1. The Morgan fingerprint density at radius 2 is 1.89 bits per heavy atom. The number of nitro benzene ring substituents is 1. The van der Waals surface area contributed by atoms with E-state index in [1.165, 1.54) is 18.2 Å². The number of thioether (sulfide) groups is 1. The van der Waals surface area contributed by atoms with E-state index >= 15 is 0 Å². The van der Waals surface area contributed by atoms with Crippen LogP contribution in [-0.2, 0) is 19.1 Å². The van der Waals surface area contributed by atoms with Gasteiger partial charge in [-0.2, -0.15) is 11.8 Å². The number of allylic oxidation sites excluding steroid dienone is 1. The summed E-state index contributed by atoms with van der Waals surface area (Å²) in [7, 11) is 0. The van der Waals surface area contributed by atoms with E-state index in [1.54, 1.807) is 38.6 Å². The minimum atomic E-state index is -0.888. The Labute approximate surface area is 213 Å². The second kappa shape index (κ2) is 13.7. The highest BCUT2D eigenvalue weighted by Crippen LogP contribution is 2.40. The van der Waals surface area contributed by atoms with Crippen LogP contribution in [0.5, 0.6) is 0 Å². The van der Waals surface area contributed by atoms with Gasteiger partial charge in [-0.3, -0.25) is 10.1 Å². The maximum Gasteiger partial charge on any atom is 0.336 e. The lowest BCUT2D eigenvalue weighted by Crippen LogP contribution is -2.34. The molecule has 190 valence electrons. The van der Waals surface area contributed by atoms with Crippen LogP contribution in [0.25, 0.3) is 0 Å². The lowest BCUT2D eigenvalue weighted by molar-refractivity contribution is -0.384. The van der Waals surface area contributed by atoms with Crippen molar-refractivity contribution < 1.29 is 24.0 Å². The molecule has 1 heterocycles. The standard InChI is InChI=1S/C23H30N4O6S2/c1-4-32-21(28)18-14(3)26-17(13-35-11-7-10-25-23(24)34)20(22(29)33-5-2)19(18)15-8-6-9-16(12-15)27(30)31/h6,8-9,12,19,26H,4-5,7,10-11,13H2,1-3H3,(H3,24,25,34). The molecule has 2 rings (SSSR count). The zero-order valence-corrected chi connectivity index (χ0v) is 21.6. The number of carbonyl (C=O) groups excluding carboxylic acids is 2. The minimum absolute atomic E-state index is 0.131. The monoisotopic (exact) mass is 522 g/mol. The maximum absolute atomic E-state index is 13.2. The number of carbonyl (C=O) groups is 2. The molecular formula is C23H30N4O6S2. The highest BCUT2D eigenvalue weighted by molar-refractivity contribution is 7.99. The van der Waals surface area contributed by atoms with Gasteiger partial charge < -0.3 is 25.8 Å². The van der Waals surface area contributed by atoms with Gasteiger partial charge >= 0.3 is 11.9 Å². The summed E-state index contributed by atoms with van der Waals surface area (Å²) < 4.78 is 10.6. The van der Waals surface area contributed by atoms with Gasteiger partial charge in [0.15, 0.2) is 5.11 Å². The molecule has 0 radical (unpaired) electrons. The molecule has 1 atom stereocenters. The van der Waals surface area contributed by atoms with Crippen LogP contribution in [0.4, 0.5) is 5.69 Å². The van der Waals surface area contributed by atoms with E-state index < -0.39 is 22.8 Å². The van der Waals surface area contributed by atoms with Gasteiger partial charge in [0.1, 0.15) is 0 Å². The summed E-state index contributed by atoms with van der Waals surface area (Å²) >= 11 is 6.38. The first-order valence-corrected chi connectivity index (χ1v) is 12.7. The molecule has 0 saturated carbocycles. The van der Waals surface area contributed by atoms with Gasteiger partial charge in [-0.05, 0) is 50.7 Å². The number of nitrogens with two attached hydrogens (primary N) is 1. The number of hydrogen-bond donors (Lipinski definition) is 3. The first kappa shape index (κ1) is 28.1. The van der Waals surface area contributed by atoms with Crippen molar-refractivity contribution in [3.8, 4) is 0 Å². The van der Waals surface area contributed by atoms with Crippen LogP contribution in [0, 0.1) is 10.1 Å². The second-order valence-electron chi connectivity index (χ2n) is 7.48. The molecule has 1 unspecified atom stereocenters. The zero-order chi connectivity index (χ0) is 26.0. The molecule has 0 fully saturated rings. The summed E-state index contributed by atoms with van der Waals surface area (Å²) in [5.41, 5.74) is 7.25. The third kappa shape index (κ3) is 7.69. The van der Waals surface area contributed by atoms with Crippen LogP contribution in [0.2, 0.25) is 0 Å². The average Bonchev–Trinajstić information content (AvgIpc) is 2.80. The molecule has 4 N–H and O–H groups in total. The summed E-state index contributed by atoms with van der Waals surface area (Å²) in [6.45, 7) is 5.98. The smallest absolute Gasteiger partial charge is 0.336 e. The molecule has 0 aliphatic carbocycles. The first-order chi connectivity index (χ1) is 16.7. The predicted molar refractivity (Wildman–Crippen MR) is 139 cm³/mol. The number of nitrogens with one attached hydrogen (secondary N) is 2. The molecule has 10 nitrogen and oxygen atoms in total. The summed E-state index contributed by atoms with van der Waals surface area (Å²) in [6, 6.07) is 5.91. The molecule has 35 heavy (non-hydrogen) atoms. The van der Waals surface area contributed by atoms with E-state index in [0.29, 0.717) is 29.3 Å². The number of rotatable bonds is 12. The first-order valence-electron chi connectivity index (χ1n) is 11.1. The van der Waals surface area contributed by atoms with Crippen molar-refractivity contribution in [2.24, 2.45) is 5.73 Å². The highest BCUT2D eigenvalue weighted by Gasteiger charge is 2.39. The molecule has 1 aromatic carbocycles. The fourth-order valence-electron chi connectivity index (χ4n) is 3.65. The van der Waals surface area contributed by atoms with Gasteiger partial charge in [-0.1, -0.05) is 12.1 Å². The van der Waals surface area contributed by atoms with Crippen molar-refractivity contribution in [3.05, 3.63) is 62.5 Å². The van der Waals surface area contributed by atoms with Gasteiger partial charge in [0, 0.05) is 35.8 Å². The number of nitro groups is 1. The van der Waals surface area contributed by atoms with Crippen LogP contribution < -0.4 is 16.4 Å². The lowest BCUT2D eigenvalue weighted by atomic mass is 9.80. The molecule has 0 aromatic heterocycles. The van der Waals surface area contributed by atoms with Crippen LogP contribution in [0.1, 0.15) is 38.7 Å². The Morgan fingerprint density at radius 3 is 2.49 bits per heavy atom. The summed E-state index contributed by atoms with van der Waals surface area (Å²) in [4.78, 5) is 37.1. The lowest BCUT2D eigenvalue weighted by Gasteiger charge is -2.31. The Hall–Kier alpha value is -3.12. The molecule has 1 aromatic rings. The summed E-state index contributed by atoms with van der Waals surface area (Å²) in [6.07, 6.45) is 0.793. The Balaban J connectivity index is 2.51. The number of benzene rings is 1. The van der Waals surface area contributed by atoms with Gasteiger partial charge in [-0.25, -0.2) is 9.59 Å². The van der Waals surface area contributed by atoms with Crippen molar-refractivity contribution >= 4 is 46.7 Å². The number of esters is 2. The van der Waals surface area contributed by atoms with E-state index in [-0.39, 0.29) is 35.2 Å². The van der Waals surface area contributed by atoms with Crippen molar-refractivity contribution in [2.75, 3.05) is 31.3 Å². The Bertz CT molecular complexity index is 1040. The van der Waals surface area contributed by atoms with Crippen molar-refractivity contribution in [1.82, 2.24) is 10.6 Å². The summed E-state index contributed by atoms with van der Waals surface area (Å²) in [5.74, 6) is -0.907.